The van der Waals surface area contributed by atoms with Gasteiger partial charge < -0.3 is 47.4 Å². The van der Waals surface area contributed by atoms with Crippen molar-refractivity contribution in [2.24, 2.45) is 0 Å². The summed E-state index contributed by atoms with van der Waals surface area (Å²) in [6, 6.07) is 9.30. The number of methoxy groups -OCH3 is 2. The zero-order chi connectivity index (χ0) is 39.2. The van der Waals surface area contributed by atoms with Crippen LogP contribution in [0.1, 0.15) is 33.9 Å². The third-order valence-electron chi connectivity index (χ3n) is 10.3. The van der Waals surface area contributed by atoms with Crippen LogP contribution in [0.25, 0.3) is 0 Å². The van der Waals surface area contributed by atoms with Crippen molar-refractivity contribution >= 4 is 177 Å². The first-order valence-electron chi connectivity index (χ1n) is 17.1. The summed E-state index contributed by atoms with van der Waals surface area (Å²) in [5.74, 6) is 2.91. The second-order valence-electron chi connectivity index (χ2n) is 14.2. The van der Waals surface area contributed by atoms with Crippen LogP contribution < -0.4 is 42.9 Å². The molecule has 0 aromatic heterocycles. The summed E-state index contributed by atoms with van der Waals surface area (Å²) in [4.78, 5) is 13.1. The minimum atomic E-state index is -0.973. The molecule has 1 atom stereocenters. The molecule has 0 spiro atoms. The molecule has 31 heteroatoms. The molecule has 0 saturated carbocycles. The van der Waals surface area contributed by atoms with Crippen molar-refractivity contribution in [2.45, 2.75) is 18.9 Å². The molecule has 1 unspecified atom stereocenters. The smallest absolute Gasteiger partial charge is 0.231 e. The van der Waals surface area contributed by atoms with Gasteiger partial charge in [0.15, 0.2) is 17.3 Å². The molecule has 2 aromatic rings. The molecule has 2 heterocycles. The number of rotatable bonds is 15. The maximum atomic E-state index is 13.1. The van der Waals surface area contributed by atoms with E-state index < -0.39 is 70.2 Å². The molecule has 4 rings (SSSR count). The number of hydrogen-bond acceptors (Lipinski definition) is 5. The van der Waals surface area contributed by atoms with Crippen molar-refractivity contribution in [3.8, 4) is 23.0 Å². The zero-order valence-electron chi connectivity index (χ0n) is 31.0. The van der Waals surface area contributed by atoms with Crippen LogP contribution >= 0.6 is 0 Å². The van der Waals surface area contributed by atoms with Gasteiger partial charge in [0, 0.05) is 183 Å². The second-order valence-corrected chi connectivity index (χ2v) is 14.2. The Kier molecular flexibility index (Phi) is 19.6. The van der Waals surface area contributed by atoms with E-state index in [1.165, 1.54) is 5.56 Å². The number of benzene rings is 2. The Balaban J connectivity index is 0.000000366. The van der Waals surface area contributed by atoms with Gasteiger partial charge in [0.25, 0.3) is 0 Å². The van der Waals surface area contributed by atoms with Gasteiger partial charge in [-0.25, -0.2) is 0 Å². The summed E-state index contributed by atoms with van der Waals surface area (Å²) in [7, 11) is 83.8. The lowest BCUT2D eigenvalue weighted by Gasteiger charge is -2.46. The maximum Gasteiger partial charge on any atom is 0.231 e. The van der Waals surface area contributed by atoms with Crippen LogP contribution in [0.2, 0.25) is 0 Å². The van der Waals surface area contributed by atoms with Gasteiger partial charge in [-0.1, -0.05) is 0 Å². The number of carbonyl (C=O) groups is 1. The monoisotopic (exact) mass is 775 g/mol. The van der Waals surface area contributed by atoms with E-state index in [4.69, 9.17) is 120 Å². The summed E-state index contributed by atoms with van der Waals surface area (Å²) >= 11 is 0. The molecule has 228 valence electrons. The van der Waals surface area contributed by atoms with Crippen LogP contribution in [-0.4, -0.2) is 223 Å². The topological polar surface area (TPSA) is 54.0 Å². The third-order valence-corrected chi connectivity index (χ3v) is 10.3. The Morgan fingerprint density at radius 2 is 1.25 bits per heavy atom. The normalized spacial score (nSPS) is 14.3. The lowest BCUT2D eigenvalue weighted by Crippen LogP contribution is -3.00. The van der Waals surface area contributed by atoms with Gasteiger partial charge in [0.05, 0.1) is 46.8 Å². The molecule has 26 radical (unpaired) electrons. The molecule has 0 saturated heterocycles. The van der Waals surface area contributed by atoms with Crippen molar-refractivity contribution in [1.29, 1.82) is 0 Å². The predicted octanol–water partition coefficient (Wildman–Crippen LogP) is -8.76. The Morgan fingerprint density at radius 1 is 0.736 bits per heavy atom. The van der Waals surface area contributed by atoms with Crippen molar-refractivity contribution in [3.63, 3.8) is 0 Å². The summed E-state index contributed by atoms with van der Waals surface area (Å²) < 4.78 is 22.9. The van der Waals surface area contributed by atoms with E-state index in [1.54, 1.807) is 14.2 Å². The molecule has 0 aliphatic carbocycles. The number of fused-ring (bicyclic) bond motifs is 2. The molecule has 6 nitrogen and oxygen atoms in total. The number of likely N-dealkylation sites (N-methyl/N-ethyl adjacent to an activating group) is 1. The van der Waals surface area contributed by atoms with E-state index in [0.717, 1.165) is 30.0 Å². The highest BCUT2D eigenvalue weighted by Crippen LogP contribution is 2.51. The lowest BCUT2D eigenvalue weighted by atomic mass is 8.35. The van der Waals surface area contributed by atoms with E-state index in [0.29, 0.717) is 28.0 Å². The molecule has 0 bridgehead atoms. The van der Waals surface area contributed by atoms with Gasteiger partial charge in [-0.15, -0.1) is 0 Å². The average molecular weight is 771 g/mol. The number of quaternary nitrogens is 1. The van der Waals surface area contributed by atoms with E-state index in [9.17, 15) is 4.79 Å². The fourth-order valence-corrected chi connectivity index (χ4v) is 7.52. The van der Waals surface area contributed by atoms with Crippen LogP contribution in [0.5, 0.6) is 23.0 Å². The molecule has 2 aliphatic heterocycles. The number of ketones is 1. The minimum Gasteiger partial charge on any atom is -1.00 e. The highest BCUT2D eigenvalue weighted by Gasteiger charge is 2.48. The van der Waals surface area contributed by atoms with Crippen LogP contribution in [0.3, 0.4) is 0 Å². The number of halogens is 1. The van der Waals surface area contributed by atoms with Crippen LogP contribution in [0.15, 0.2) is 30.3 Å². The molecule has 0 fully saturated rings. The van der Waals surface area contributed by atoms with E-state index >= 15 is 0 Å². The maximum absolute atomic E-state index is 13.1. The fraction of sp³-hybridized carbons (Fsp3) is 0.409. The first-order valence-corrected chi connectivity index (χ1v) is 17.1. The van der Waals surface area contributed by atoms with Crippen LogP contribution in [0.4, 0.5) is 0 Å². The van der Waals surface area contributed by atoms with E-state index in [1.807, 2.05) is 30.3 Å². The summed E-state index contributed by atoms with van der Waals surface area (Å²) in [5, 5.41) is 0. The molecule has 53 heavy (non-hydrogen) atoms. The Hall–Kier alpha value is -0.442. The molecular formula is C22H26B24INO5. The standard InChI is InChI=1S/C22H26NO5.B24.HI/c1-23(2)10-9-15-11-19-21(28-13-27-19)22(26-4)20(15)17(23)12-18(24)14-5-7-16(25-3)8-6-14;1-14(2)20(13)23(19(11)12)24(21(15(3)4)16(5)6)22(17(7)8)18(9)10;/h5-8,11,17H,9-10,12-13H2,1-4H3;;1H/q+1;;/p-1. The average Bonchev–Trinajstić information content (AvgIpc) is 3.53. The van der Waals surface area contributed by atoms with Crippen LogP contribution in [-0.2, 0) is 6.42 Å². The highest BCUT2D eigenvalue weighted by molar-refractivity contribution is 8.23. The van der Waals surface area contributed by atoms with Gasteiger partial charge in [0.1, 0.15) is 11.8 Å². The Bertz CT molecular complexity index is 1440. The summed E-state index contributed by atoms with van der Waals surface area (Å²) in [6.45, 7) is 1.14. The third kappa shape index (κ3) is 11.8. The summed E-state index contributed by atoms with van der Waals surface area (Å²) in [6.07, 6.45) is -8.26. The number of nitrogens with zero attached hydrogens (tertiary/aromatic N) is 1. The molecule has 0 N–H and O–H groups in total. The Morgan fingerprint density at radius 3 is 1.68 bits per heavy atom. The first-order chi connectivity index (χ1) is 24.3. The minimum absolute atomic E-state index is 0. The zero-order valence-corrected chi connectivity index (χ0v) is 33.2. The number of Topliss-reactive ketones (excluding diaryl/α,β-unsaturated/α-hetero) is 1. The van der Waals surface area contributed by atoms with Crippen molar-refractivity contribution in [1.82, 2.24) is 0 Å². The SMILES string of the molecule is COc1ccc(C(=O)CC2c3c(cc4c(c3OC)OCO4)CC[N+]2(C)C)cc1.[B]B([B])B([B])B(B([B])[B])B(B(B([B])[B])B([B])[B])B(B([B])[B])B([B])[B].[I-]. The molecule has 2 aliphatic rings. The van der Waals surface area contributed by atoms with Crippen LogP contribution in [0, 0.1) is 0 Å². The fourth-order valence-electron chi connectivity index (χ4n) is 7.52. The van der Waals surface area contributed by atoms with Gasteiger partial charge in [-0.05, 0) is 35.9 Å². The van der Waals surface area contributed by atoms with Gasteiger partial charge in [0.2, 0.25) is 12.5 Å². The van der Waals surface area contributed by atoms with E-state index in [-0.39, 0.29) is 42.6 Å². The molecular weight excluding hydrogens is 745 g/mol. The summed E-state index contributed by atoms with van der Waals surface area (Å²) in [5.41, 5.74) is 2.92. The number of hydrogen-bond donors (Lipinski definition) is 0. The largest absolute Gasteiger partial charge is 1.00 e. The predicted molar refractivity (Wildman–Crippen MR) is 243 cm³/mol. The first kappa shape index (κ1) is 48.7. The van der Waals surface area contributed by atoms with Crippen molar-refractivity contribution in [3.05, 3.63) is 47.0 Å². The Labute approximate surface area is 356 Å². The highest BCUT2D eigenvalue weighted by atomic mass is 127. The lowest BCUT2D eigenvalue weighted by molar-refractivity contribution is -0.922. The second kappa shape index (κ2) is 21.4. The number of carbonyl (C=O) groups excluding carboxylic acids is 1. The van der Waals surface area contributed by atoms with Crippen molar-refractivity contribution < 1.29 is 52.2 Å². The van der Waals surface area contributed by atoms with Gasteiger partial charge >= 0.3 is 0 Å². The quantitative estimate of drug-likeness (QED) is 0.0781. The molecule has 0 amide bonds. The number of ether oxygens (including phenoxy) is 4. The van der Waals surface area contributed by atoms with E-state index in [2.05, 4.69) is 14.1 Å². The van der Waals surface area contributed by atoms with Gasteiger partial charge in [-0.2, -0.15) is 0 Å². The van der Waals surface area contributed by atoms with Gasteiger partial charge in [-0.3, -0.25) is 4.79 Å². The molecule has 2 aromatic carbocycles. The van der Waals surface area contributed by atoms with Crippen molar-refractivity contribution in [2.75, 3.05) is 41.7 Å².